The van der Waals surface area contributed by atoms with Gasteiger partial charge in [0.25, 0.3) is 5.85 Å². The fourth-order valence-electron chi connectivity index (χ4n) is 1.30. The number of allylic oxidation sites excluding steroid dienone is 2. The highest BCUT2D eigenvalue weighted by atomic mass is 19.2. The number of hydrogen-bond donors (Lipinski definition) is 1. The van der Waals surface area contributed by atoms with Crippen molar-refractivity contribution in [1.82, 2.24) is 0 Å². The molecule has 3 nitrogen and oxygen atoms in total. The van der Waals surface area contributed by atoms with Gasteiger partial charge in [-0.25, -0.2) is 22.0 Å². The lowest BCUT2D eigenvalue weighted by atomic mass is 10.0. The molecule has 9 heteroatoms. The third-order valence-electron chi connectivity index (χ3n) is 1.99. The van der Waals surface area contributed by atoms with E-state index in [1.807, 2.05) is 0 Å². The Balaban J connectivity index is 2.55. The summed E-state index contributed by atoms with van der Waals surface area (Å²) in [4.78, 5) is 0. The van der Waals surface area contributed by atoms with Gasteiger partial charge in [0.05, 0.1) is 0 Å². The summed E-state index contributed by atoms with van der Waals surface area (Å²) in [5.74, 6) is -12.5. The van der Waals surface area contributed by atoms with Crippen molar-refractivity contribution in [3.8, 4) is 0 Å². The van der Waals surface area contributed by atoms with Gasteiger partial charge in [0.2, 0.25) is 5.83 Å². The van der Waals surface area contributed by atoms with Gasteiger partial charge in [-0.3, -0.25) is 0 Å². The molecule has 0 bridgehead atoms. The fraction of sp³-hybridized carbons (Fsp3) is 0.333. The second-order valence-corrected chi connectivity index (χ2v) is 2.88. The minimum atomic E-state index is -3.66. The third-order valence-corrected chi connectivity index (χ3v) is 1.99. The van der Waals surface area contributed by atoms with Crippen molar-refractivity contribution in [1.29, 1.82) is 0 Å². The Bertz CT molecular complexity index is 383. The Morgan fingerprint density at radius 2 is 1.80 bits per heavy atom. The van der Waals surface area contributed by atoms with Crippen molar-refractivity contribution in [2.24, 2.45) is 0 Å². The molecule has 2 unspecified atom stereocenters. The molecule has 0 saturated carbocycles. The Morgan fingerprint density at radius 1 is 1.20 bits per heavy atom. The van der Waals surface area contributed by atoms with Crippen LogP contribution in [0, 0.1) is 0 Å². The normalized spacial score (nSPS) is 36.4. The van der Waals surface area contributed by atoms with Crippen LogP contribution in [0.5, 0.6) is 0 Å². The summed E-state index contributed by atoms with van der Waals surface area (Å²) in [5, 5.41) is 8.63. The van der Waals surface area contributed by atoms with Crippen molar-refractivity contribution in [3.05, 3.63) is 23.3 Å². The molecule has 2 aliphatic rings. The summed E-state index contributed by atoms with van der Waals surface area (Å²) < 4.78 is 72.3. The van der Waals surface area contributed by atoms with Crippen LogP contribution in [0.3, 0.4) is 0 Å². The summed E-state index contributed by atoms with van der Waals surface area (Å²) in [6.45, 7) is 0. The van der Waals surface area contributed by atoms with E-state index in [2.05, 4.69) is 9.31 Å². The number of rotatable bonds is 0. The highest BCUT2D eigenvalue weighted by Gasteiger charge is 2.63. The lowest BCUT2D eigenvalue weighted by Crippen LogP contribution is -2.39. The van der Waals surface area contributed by atoms with E-state index < -0.39 is 42.6 Å². The third kappa shape index (κ3) is 1.23. The first-order valence-electron chi connectivity index (χ1n) is 3.69. The molecule has 0 spiro atoms. The molecule has 0 amide bonds. The highest BCUT2D eigenvalue weighted by Crippen LogP contribution is 2.48. The van der Waals surface area contributed by atoms with E-state index in [1.165, 1.54) is 0 Å². The van der Waals surface area contributed by atoms with E-state index in [4.69, 9.17) is 5.02 Å². The minimum absolute atomic E-state index is 2.01. The van der Waals surface area contributed by atoms with Gasteiger partial charge in [-0.15, -0.1) is 0 Å². The molecule has 1 fully saturated rings. The zero-order valence-electron chi connectivity index (χ0n) is 6.81. The highest BCUT2D eigenvalue weighted by molar-refractivity contribution is 6.35. The molecule has 0 aromatic rings. The molecule has 1 aliphatic heterocycles. The van der Waals surface area contributed by atoms with Crippen LogP contribution in [-0.4, -0.2) is 24.3 Å². The molecule has 15 heavy (non-hydrogen) atoms. The second-order valence-electron chi connectivity index (χ2n) is 2.88. The molecule has 2 atom stereocenters. The topological polar surface area (TPSA) is 38.7 Å². The summed E-state index contributed by atoms with van der Waals surface area (Å²) in [5.41, 5.74) is 0. The first-order chi connectivity index (χ1) is 6.88. The summed E-state index contributed by atoms with van der Waals surface area (Å²) in [6, 6.07) is 0. The SMILES string of the molecule is OB1OC2C(F)=C(F)C(F)=C(F)C2(F)O1. The Kier molecular flexibility index (Phi) is 2.14. The molecular weight excluding hydrogens is 226 g/mol. The summed E-state index contributed by atoms with van der Waals surface area (Å²) >= 11 is 0. The monoisotopic (exact) mass is 228 g/mol. The van der Waals surface area contributed by atoms with Crippen LogP contribution in [0.15, 0.2) is 23.3 Å². The van der Waals surface area contributed by atoms with Crippen LogP contribution < -0.4 is 0 Å². The zero-order valence-corrected chi connectivity index (χ0v) is 6.81. The van der Waals surface area contributed by atoms with Crippen LogP contribution in [0.1, 0.15) is 0 Å². The predicted molar refractivity (Wildman–Crippen MR) is 36.3 cm³/mol. The molecule has 0 aromatic carbocycles. The Labute approximate surface area is 79.9 Å². The molecule has 0 radical (unpaired) electrons. The van der Waals surface area contributed by atoms with E-state index in [9.17, 15) is 22.0 Å². The Morgan fingerprint density at radius 3 is 2.40 bits per heavy atom. The fourth-order valence-corrected chi connectivity index (χ4v) is 1.30. The maximum atomic E-state index is 13.5. The van der Waals surface area contributed by atoms with Gasteiger partial charge < -0.3 is 14.3 Å². The van der Waals surface area contributed by atoms with Crippen molar-refractivity contribution in [2.75, 3.05) is 0 Å². The molecule has 1 N–H and O–H groups in total. The second kappa shape index (κ2) is 3.03. The van der Waals surface area contributed by atoms with E-state index in [-0.39, 0.29) is 0 Å². The lowest BCUT2D eigenvalue weighted by Gasteiger charge is -2.25. The van der Waals surface area contributed by atoms with Gasteiger partial charge in [0, 0.05) is 0 Å². The van der Waals surface area contributed by atoms with Crippen molar-refractivity contribution < 1.29 is 36.3 Å². The molecule has 1 saturated heterocycles. The molecule has 82 valence electrons. The van der Waals surface area contributed by atoms with Crippen LogP contribution >= 0.6 is 0 Å². The van der Waals surface area contributed by atoms with E-state index in [1.54, 1.807) is 0 Å². The smallest absolute Gasteiger partial charge is 0.401 e. The molecule has 1 heterocycles. The van der Waals surface area contributed by atoms with Gasteiger partial charge in [-0.1, -0.05) is 0 Å². The molecule has 2 rings (SSSR count). The number of alkyl halides is 1. The summed E-state index contributed by atoms with van der Waals surface area (Å²) in [6.07, 6.45) is -2.48. The van der Waals surface area contributed by atoms with Crippen molar-refractivity contribution >= 4 is 7.32 Å². The van der Waals surface area contributed by atoms with Crippen molar-refractivity contribution in [2.45, 2.75) is 12.0 Å². The van der Waals surface area contributed by atoms with Gasteiger partial charge in [-0.2, -0.15) is 0 Å². The zero-order chi connectivity index (χ0) is 11.4. The average molecular weight is 228 g/mol. The molecule has 0 aromatic heterocycles. The lowest BCUT2D eigenvalue weighted by molar-refractivity contribution is -0.0719. The first kappa shape index (κ1) is 10.6. The first-order valence-corrected chi connectivity index (χ1v) is 3.69. The number of fused-ring (bicyclic) bond motifs is 1. The van der Waals surface area contributed by atoms with Crippen LogP contribution in [0.25, 0.3) is 0 Å². The molecule has 1 aliphatic carbocycles. The van der Waals surface area contributed by atoms with E-state index in [0.29, 0.717) is 0 Å². The number of halogens is 5. The average Bonchev–Trinajstić information content (AvgIpc) is 2.49. The molecular formula is C6H2BF5O3. The standard InChI is InChI=1S/C6H2BF5O3/c8-1-2(9)4(11)6(12)5(3(1)10)14-7(13)15-6/h5,13H. The minimum Gasteiger partial charge on any atom is -0.401 e. The van der Waals surface area contributed by atoms with Gasteiger partial charge in [0.1, 0.15) is 0 Å². The van der Waals surface area contributed by atoms with Crippen LogP contribution in [-0.2, 0) is 9.31 Å². The van der Waals surface area contributed by atoms with Gasteiger partial charge in [0.15, 0.2) is 23.6 Å². The quantitative estimate of drug-likeness (QED) is 0.502. The van der Waals surface area contributed by atoms with Crippen LogP contribution in [0.4, 0.5) is 22.0 Å². The maximum absolute atomic E-state index is 13.5. The van der Waals surface area contributed by atoms with Crippen molar-refractivity contribution in [3.63, 3.8) is 0 Å². The van der Waals surface area contributed by atoms with E-state index in [0.717, 1.165) is 0 Å². The maximum Gasteiger partial charge on any atom is 0.640 e. The van der Waals surface area contributed by atoms with E-state index >= 15 is 0 Å². The van der Waals surface area contributed by atoms with Gasteiger partial charge in [-0.05, 0) is 0 Å². The summed E-state index contributed by atoms with van der Waals surface area (Å²) in [7, 11) is -2.30. The number of hydrogen-bond acceptors (Lipinski definition) is 3. The largest absolute Gasteiger partial charge is 0.640 e. The predicted octanol–water partition coefficient (Wildman–Crippen LogP) is 1.36. The van der Waals surface area contributed by atoms with Gasteiger partial charge >= 0.3 is 7.32 Å². The Hall–Kier alpha value is -0.925. The van der Waals surface area contributed by atoms with Crippen LogP contribution in [0.2, 0.25) is 0 Å².